The molecule has 1 aliphatic heterocycles. The van der Waals surface area contributed by atoms with Crippen molar-refractivity contribution < 1.29 is 9.53 Å². The molecule has 2 amide bonds. The van der Waals surface area contributed by atoms with Crippen LogP contribution in [0.2, 0.25) is 0 Å². The van der Waals surface area contributed by atoms with E-state index in [0.717, 1.165) is 27.9 Å². The van der Waals surface area contributed by atoms with Gasteiger partial charge in [-0.05, 0) is 24.4 Å². The van der Waals surface area contributed by atoms with Crippen LogP contribution >= 0.6 is 0 Å². The van der Waals surface area contributed by atoms with Gasteiger partial charge >= 0.3 is 6.03 Å². The molecule has 7 nitrogen and oxygen atoms in total. The number of ether oxygens (including phenoxy) is 1. The molecule has 0 spiro atoms. The fourth-order valence-electron chi connectivity index (χ4n) is 3.09. The fourth-order valence-corrected chi connectivity index (χ4v) is 3.09. The minimum atomic E-state index is -0.140. The Morgan fingerprint density at radius 3 is 2.65 bits per heavy atom. The number of benzene rings is 1. The number of fused-ring (bicyclic) bond motifs is 1. The summed E-state index contributed by atoms with van der Waals surface area (Å²) >= 11 is 0. The first-order valence-electron chi connectivity index (χ1n) is 8.64. The lowest BCUT2D eigenvalue weighted by Gasteiger charge is -2.26. The summed E-state index contributed by atoms with van der Waals surface area (Å²) in [6.07, 6.45) is 3.65. The van der Waals surface area contributed by atoms with E-state index >= 15 is 0 Å². The Morgan fingerprint density at radius 2 is 1.92 bits per heavy atom. The number of rotatable bonds is 2. The second-order valence-corrected chi connectivity index (χ2v) is 6.41. The third-order valence-electron chi connectivity index (χ3n) is 4.77. The molecule has 0 aliphatic carbocycles. The number of nitrogens with zero attached hydrogens (tertiary/aromatic N) is 4. The van der Waals surface area contributed by atoms with Gasteiger partial charge in [0, 0.05) is 37.3 Å². The fraction of sp³-hybridized carbons (Fsp3) is 0.316. The standard InChI is InChI=1S/C19H21N5O2/c1-13-20-12-17(23(13)2)14-3-4-15-11-21-18(10-16(15)9-14)22-19(25)24-5-7-26-8-6-24/h3-4,9-12H,5-8H2,1-2H3,(H,21,22,25). The second kappa shape index (κ2) is 6.76. The Hall–Kier alpha value is -2.93. The van der Waals surface area contributed by atoms with Crippen molar-refractivity contribution in [1.82, 2.24) is 19.4 Å². The SMILES string of the molecule is Cc1ncc(-c2ccc3cnc(NC(=O)N4CCOCC4)cc3c2)n1C. The van der Waals surface area contributed by atoms with Crippen molar-refractivity contribution in [2.75, 3.05) is 31.6 Å². The average Bonchev–Trinajstić information content (AvgIpc) is 3.00. The van der Waals surface area contributed by atoms with Crippen molar-refractivity contribution in [1.29, 1.82) is 0 Å². The first kappa shape index (κ1) is 16.5. The van der Waals surface area contributed by atoms with Gasteiger partial charge in [0.25, 0.3) is 0 Å². The van der Waals surface area contributed by atoms with E-state index in [-0.39, 0.29) is 6.03 Å². The Morgan fingerprint density at radius 1 is 1.12 bits per heavy atom. The van der Waals surface area contributed by atoms with Crippen molar-refractivity contribution in [2.45, 2.75) is 6.92 Å². The first-order chi connectivity index (χ1) is 12.6. The molecule has 0 unspecified atom stereocenters. The molecule has 1 aromatic carbocycles. The Bertz CT molecular complexity index is 960. The van der Waals surface area contributed by atoms with Gasteiger partial charge in [-0.1, -0.05) is 12.1 Å². The second-order valence-electron chi connectivity index (χ2n) is 6.41. The van der Waals surface area contributed by atoms with Crippen molar-refractivity contribution >= 4 is 22.6 Å². The maximum Gasteiger partial charge on any atom is 0.323 e. The monoisotopic (exact) mass is 351 g/mol. The van der Waals surface area contributed by atoms with E-state index in [1.54, 1.807) is 11.1 Å². The number of amides is 2. The number of carbonyl (C=O) groups excluding carboxylic acids is 1. The van der Waals surface area contributed by atoms with Gasteiger partial charge < -0.3 is 14.2 Å². The summed E-state index contributed by atoms with van der Waals surface area (Å²) in [7, 11) is 2.00. The molecule has 0 saturated carbocycles. The van der Waals surface area contributed by atoms with Crippen molar-refractivity contribution in [3.05, 3.63) is 42.5 Å². The van der Waals surface area contributed by atoms with E-state index in [0.29, 0.717) is 32.1 Å². The molecule has 0 atom stereocenters. The summed E-state index contributed by atoms with van der Waals surface area (Å²) in [6, 6.07) is 7.96. The summed E-state index contributed by atoms with van der Waals surface area (Å²) in [4.78, 5) is 22.8. The van der Waals surface area contributed by atoms with Crippen LogP contribution in [0.25, 0.3) is 22.0 Å². The highest BCUT2D eigenvalue weighted by molar-refractivity contribution is 5.93. The summed E-state index contributed by atoms with van der Waals surface area (Å²) in [6.45, 7) is 4.33. The third kappa shape index (κ3) is 3.13. The lowest BCUT2D eigenvalue weighted by Crippen LogP contribution is -2.43. The summed E-state index contributed by atoms with van der Waals surface area (Å²) < 4.78 is 7.34. The zero-order valence-electron chi connectivity index (χ0n) is 14.9. The molecule has 3 heterocycles. The molecule has 2 aromatic heterocycles. The average molecular weight is 351 g/mol. The molecule has 1 saturated heterocycles. The van der Waals surface area contributed by atoms with E-state index in [1.807, 2.05) is 32.3 Å². The quantitative estimate of drug-likeness (QED) is 0.771. The van der Waals surface area contributed by atoms with Crippen LogP contribution in [-0.4, -0.2) is 51.8 Å². The third-order valence-corrected chi connectivity index (χ3v) is 4.77. The predicted octanol–water partition coefficient (Wildman–Crippen LogP) is 2.81. The van der Waals surface area contributed by atoms with Gasteiger partial charge in [-0.15, -0.1) is 0 Å². The number of pyridine rings is 1. The van der Waals surface area contributed by atoms with Gasteiger partial charge in [0.1, 0.15) is 11.6 Å². The Labute approximate surface area is 151 Å². The van der Waals surface area contributed by atoms with E-state index < -0.39 is 0 Å². The largest absolute Gasteiger partial charge is 0.378 e. The topological polar surface area (TPSA) is 72.3 Å². The normalized spacial score (nSPS) is 14.6. The van der Waals surface area contributed by atoms with E-state index in [9.17, 15) is 4.79 Å². The smallest absolute Gasteiger partial charge is 0.323 e. The summed E-state index contributed by atoms with van der Waals surface area (Å²) in [5, 5.41) is 4.93. The Balaban J connectivity index is 1.61. The van der Waals surface area contributed by atoms with Crippen molar-refractivity contribution in [3.8, 4) is 11.3 Å². The zero-order chi connectivity index (χ0) is 18.1. The van der Waals surface area contributed by atoms with E-state index in [2.05, 4.69) is 32.0 Å². The highest BCUT2D eigenvalue weighted by Gasteiger charge is 2.17. The minimum absolute atomic E-state index is 0.140. The van der Waals surface area contributed by atoms with Crippen molar-refractivity contribution in [3.63, 3.8) is 0 Å². The molecule has 3 aromatic rings. The molecule has 7 heteroatoms. The molecule has 1 aliphatic rings. The first-order valence-corrected chi connectivity index (χ1v) is 8.64. The van der Waals surface area contributed by atoms with Crippen LogP contribution in [0.3, 0.4) is 0 Å². The number of nitrogens with one attached hydrogen (secondary N) is 1. The molecule has 0 radical (unpaired) electrons. The zero-order valence-corrected chi connectivity index (χ0v) is 14.9. The molecule has 0 bridgehead atoms. The lowest BCUT2D eigenvalue weighted by atomic mass is 10.1. The van der Waals surface area contributed by atoms with Crippen molar-refractivity contribution in [2.24, 2.45) is 7.05 Å². The van der Waals surface area contributed by atoms with Crippen LogP contribution in [0, 0.1) is 6.92 Å². The lowest BCUT2D eigenvalue weighted by molar-refractivity contribution is 0.0564. The van der Waals surface area contributed by atoms with E-state index in [1.165, 1.54) is 0 Å². The number of imidazole rings is 1. The van der Waals surface area contributed by atoms with Crippen LogP contribution in [0.15, 0.2) is 36.7 Å². The number of hydrogen-bond acceptors (Lipinski definition) is 4. The highest BCUT2D eigenvalue weighted by atomic mass is 16.5. The number of carbonyl (C=O) groups is 1. The molecule has 134 valence electrons. The van der Waals surface area contributed by atoms with Crippen LogP contribution in [-0.2, 0) is 11.8 Å². The maximum atomic E-state index is 12.3. The maximum absolute atomic E-state index is 12.3. The van der Waals surface area contributed by atoms with Crippen LogP contribution < -0.4 is 5.32 Å². The number of hydrogen-bond donors (Lipinski definition) is 1. The number of aryl methyl sites for hydroxylation is 1. The molecule has 26 heavy (non-hydrogen) atoms. The Kier molecular flexibility index (Phi) is 4.30. The van der Waals surface area contributed by atoms with E-state index in [4.69, 9.17) is 4.74 Å². The van der Waals surface area contributed by atoms with Gasteiger partial charge in [-0.3, -0.25) is 5.32 Å². The molecule has 4 rings (SSSR count). The molecule has 1 fully saturated rings. The molecular formula is C19H21N5O2. The number of anilines is 1. The molecular weight excluding hydrogens is 330 g/mol. The van der Waals surface area contributed by atoms with Gasteiger partial charge in [-0.2, -0.15) is 0 Å². The van der Waals surface area contributed by atoms with Gasteiger partial charge in [0.15, 0.2) is 0 Å². The minimum Gasteiger partial charge on any atom is -0.378 e. The summed E-state index contributed by atoms with van der Waals surface area (Å²) in [5.74, 6) is 1.51. The molecule has 1 N–H and O–H groups in total. The predicted molar refractivity (Wildman–Crippen MR) is 100 cm³/mol. The van der Waals surface area contributed by atoms with Crippen LogP contribution in [0.1, 0.15) is 5.82 Å². The van der Waals surface area contributed by atoms with Crippen LogP contribution in [0.4, 0.5) is 10.6 Å². The van der Waals surface area contributed by atoms with Gasteiger partial charge in [-0.25, -0.2) is 14.8 Å². The number of urea groups is 1. The highest BCUT2D eigenvalue weighted by Crippen LogP contribution is 2.25. The number of morpholine rings is 1. The van der Waals surface area contributed by atoms with Gasteiger partial charge in [0.05, 0.1) is 25.1 Å². The summed E-state index contributed by atoms with van der Waals surface area (Å²) in [5.41, 5.74) is 2.14. The van der Waals surface area contributed by atoms with Crippen LogP contribution in [0.5, 0.6) is 0 Å². The number of aromatic nitrogens is 3. The van der Waals surface area contributed by atoms with Gasteiger partial charge in [0.2, 0.25) is 0 Å².